The van der Waals surface area contributed by atoms with Crippen LogP contribution in [0.15, 0.2) is 54.7 Å². The molecular weight excluding hydrogens is 222 g/mol. The standard InChI is InChI=1S/C16H13NO/c1-17-10-15(13-5-3-2-4-6-13)14-8-7-12(11-18)9-16(14)17/h2-11H,1H3. The molecule has 88 valence electrons. The van der Waals surface area contributed by atoms with Gasteiger partial charge in [0, 0.05) is 35.3 Å². The lowest BCUT2D eigenvalue weighted by molar-refractivity contribution is 0.112. The molecule has 3 rings (SSSR count). The maximum atomic E-state index is 10.8. The van der Waals surface area contributed by atoms with E-state index in [4.69, 9.17) is 0 Å². The van der Waals surface area contributed by atoms with E-state index >= 15 is 0 Å². The van der Waals surface area contributed by atoms with Crippen LogP contribution in [-0.4, -0.2) is 10.9 Å². The highest BCUT2D eigenvalue weighted by Gasteiger charge is 2.08. The summed E-state index contributed by atoms with van der Waals surface area (Å²) in [5, 5.41) is 1.18. The third-order valence-corrected chi connectivity index (χ3v) is 3.24. The van der Waals surface area contributed by atoms with Crippen molar-refractivity contribution in [3.05, 3.63) is 60.3 Å². The monoisotopic (exact) mass is 235 g/mol. The maximum Gasteiger partial charge on any atom is 0.150 e. The predicted molar refractivity (Wildman–Crippen MR) is 73.7 cm³/mol. The van der Waals surface area contributed by atoms with Crippen molar-refractivity contribution < 1.29 is 4.79 Å². The molecular formula is C16H13NO. The van der Waals surface area contributed by atoms with Gasteiger partial charge in [-0.15, -0.1) is 0 Å². The van der Waals surface area contributed by atoms with Gasteiger partial charge in [-0.3, -0.25) is 4.79 Å². The lowest BCUT2D eigenvalue weighted by Gasteiger charge is -1.99. The number of rotatable bonds is 2. The van der Waals surface area contributed by atoms with E-state index in [1.807, 2.05) is 43.4 Å². The molecule has 0 fully saturated rings. The van der Waals surface area contributed by atoms with Gasteiger partial charge in [0.05, 0.1) is 0 Å². The van der Waals surface area contributed by atoms with E-state index in [0.29, 0.717) is 5.56 Å². The zero-order chi connectivity index (χ0) is 12.5. The molecule has 2 heteroatoms. The Kier molecular flexibility index (Phi) is 2.49. The fourth-order valence-electron chi connectivity index (χ4n) is 2.32. The molecule has 0 atom stereocenters. The zero-order valence-electron chi connectivity index (χ0n) is 10.1. The fraction of sp³-hybridized carbons (Fsp3) is 0.0625. The van der Waals surface area contributed by atoms with Crippen LogP contribution in [0.4, 0.5) is 0 Å². The average Bonchev–Trinajstić information content (AvgIpc) is 2.77. The summed E-state index contributed by atoms with van der Waals surface area (Å²) < 4.78 is 2.06. The highest BCUT2D eigenvalue weighted by Crippen LogP contribution is 2.30. The number of carbonyl (C=O) groups is 1. The first-order valence-electron chi connectivity index (χ1n) is 5.89. The van der Waals surface area contributed by atoms with Crippen LogP contribution in [0.2, 0.25) is 0 Å². The van der Waals surface area contributed by atoms with E-state index in [-0.39, 0.29) is 0 Å². The molecule has 2 aromatic carbocycles. The van der Waals surface area contributed by atoms with Gasteiger partial charge in [-0.25, -0.2) is 0 Å². The molecule has 0 saturated carbocycles. The van der Waals surface area contributed by atoms with Gasteiger partial charge in [-0.1, -0.05) is 42.5 Å². The highest BCUT2D eigenvalue weighted by atomic mass is 16.1. The van der Waals surface area contributed by atoms with Gasteiger partial charge < -0.3 is 4.57 Å². The van der Waals surface area contributed by atoms with E-state index in [0.717, 1.165) is 11.8 Å². The van der Waals surface area contributed by atoms with E-state index in [2.05, 4.69) is 22.9 Å². The van der Waals surface area contributed by atoms with E-state index in [9.17, 15) is 4.79 Å². The van der Waals surface area contributed by atoms with Gasteiger partial charge >= 0.3 is 0 Å². The van der Waals surface area contributed by atoms with Crippen LogP contribution in [0.1, 0.15) is 10.4 Å². The molecule has 0 aliphatic rings. The highest BCUT2D eigenvalue weighted by molar-refractivity contribution is 5.98. The Morgan fingerprint density at radius 3 is 2.56 bits per heavy atom. The van der Waals surface area contributed by atoms with Crippen molar-refractivity contribution in [1.29, 1.82) is 0 Å². The Balaban J connectivity index is 2.29. The molecule has 0 N–H and O–H groups in total. The van der Waals surface area contributed by atoms with Crippen molar-refractivity contribution in [2.45, 2.75) is 0 Å². The number of hydrogen-bond donors (Lipinski definition) is 0. The molecule has 0 aliphatic heterocycles. The van der Waals surface area contributed by atoms with Crippen LogP contribution >= 0.6 is 0 Å². The first kappa shape index (κ1) is 10.8. The van der Waals surface area contributed by atoms with Crippen LogP contribution < -0.4 is 0 Å². The van der Waals surface area contributed by atoms with Crippen molar-refractivity contribution in [3.63, 3.8) is 0 Å². The number of hydrogen-bond acceptors (Lipinski definition) is 1. The summed E-state index contributed by atoms with van der Waals surface area (Å²) in [4.78, 5) is 10.8. The Labute approximate surface area is 105 Å². The summed E-state index contributed by atoms with van der Waals surface area (Å²) in [5.74, 6) is 0. The minimum absolute atomic E-state index is 0.711. The number of nitrogens with zero attached hydrogens (tertiary/aromatic N) is 1. The normalized spacial score (nSPS) is 10.7. The molecule has 0 spiro atoms. The van der Waals surface area contributed by atoms with Crippen LogP contribution in [0, 0.1) is 0 Å². The number of aromatic nitrogens is 1. The molecule has 18 heavy (non-hydrogen) atoms. The molecule has 1 heterocycles. The summed E-state index contributed by atoms with van der Waals surface area (Å²) in [5.41, 5.74) is 4.19. The second kappa shape index (κ2) is 4.15. The third-order valence-electron chi connectivity index (χ3n) is 3.24. The molecule has 0 aliphatic carbocycles. The van der Waals surface area contributed by atoms with Crippen LogP contribution in [0.25, 0.3) is 22.0 Å². The van der Waals surface area contributed by atoms with Gasteiger partial charge in [-0.2, -0.15) is 0 Å². The molecule has 0 unspecified atom stereocenters. The number of fused-ring (bicyclic) bond motifs is 1. The maximum absolute atomic E-state index is 10.8. The first-order chi connectivity index (χ1) is 8.79. The Hall–Kier alpha value is -2.35. The summed E-state index contributed by atoms with van der Waals surface area (Å²) in [7, 11) is 2.00. The topological polar surface area (TPSA) is 22.0 Å². The summed E-state index contributed by atoms with van der Waals surface area (Å²) in [6.45, 7) is 0. The van der Waals surface area contributed by atoms with E-state index in [1.54, 1.807) is 0 Å². The van der Waals surface area contributed by atoms with Crippen molar-refractivity contribution in [2.24, 2.45) is 7.05 Å². The smallest absolute Gasteiger partial charge is 0.150 e. The lowest BCUT2D eigenvalue weighted by Crippen LogP contribution is -1.85. The summed E-state index contributed by atoms with van der Waals surface area (Å²) in [6.07, 6.45) is 2.99. The minimum Gasteiger partial charge on any atom is -0.350 e. The molecule has 0 radical (unpaired) electrons. The molecule has 0 saturated heterocycles. The van der Waals surface area contributed by atoms with E-state index < -0.39 is 0 Å². The van der Waals surface area contributed by atoms with Crippen molar-refractivity contribution in [3.8, 4) is 11.1 Å². The number of aryl methyl sites for hydroxylation is 1. The third kappa shape index (κ3) is 1.63. The number of aldehydes is 1. The average molecular weight is 235 g/mol. The quantitative estimate of drug-likeness (QED) is 0.621. The fourth-order valence-corrected chi connectivity index (χ4v) is 2.32. The summed E-state index contributed by atoms with van der Waals surface area (Å²) >= 11 is 0. The first-order valence-corrected chi connectivity index (χ1v) is 5.89. The van der Waals surface area contributed by atoms with E-state index in [1.165, 1.54) is 16.5 Å². The van der Waals surface area contributed by atoms with Crippen LogP contribution in [0.3, 0.4) is 0 Å². The van der Waals surface area contributed by atoms with Gasteiger partial charge in [0.1, 0.15) is 6.29 Å². The van der Waals surface area contributed by atoms with Crippen molar-refractivity contribution in [2.75, 3.05) is 0 Å². The minimum atomic E-state index is 0.711. The largest absolute Gasteiger partial charge is 0.350 e. The Bertz CT molecular complexity index is 711. The van der Waals surface area contributed by atoms with Gasteiger partial charge in [0.25, 0.3) is 0 Å². The SMILES string of the molecule is Cn1cc(-c2ccccc2)c2ccc(C=O)cc21. The van der Waals surface area contributed by atoms with Crippen molar-refractivity contribution in [1.82, 2.24) is 4.57 Å². The second-order valence-electron chi connectivity index (χ2n) is 4.41. The molecule has 1 aromatic heterocycles. The predicted octanol–water partition coefficient (Wildman–Crippen LogP) is 3.66. The Morgan fingerprint density at radius 2 is 1.83 bits per heavy atom. The van der Waals surface area contributed by atoms with Gasteiger partial charge in [-0.05, 0) is 11.6 Å². The molecule has 2 nitrogen and oxygen atoms in total. The van der Waals surface area contributed by atoms with Crippen molar-refractivity contribution >= 4 is 17.2 Å². The molecule has 0 bridgehead atoms. The van der Waals surface area contributed by atoms with Crippen LogP contribution in [-0.2, 0) is 7.05 Å². The van der Waals surface area contributed by atoms with Crippen LogP contribution in [0.5, 0.6) is 0 Å². The lowest BCUT2D eigenvalue weighted by atomic mass is 10.0. The van der Waals surface area contributed by atoms with Gasteiger partial charge in [0.15, 0.2) is 0 Å². The summed E-state index contributed by atoms with van der Waals surface area (Å²) in [6, 6.07) is 16.1. The molecule has 0 amide bonds. The molecule has 3 aromatic rings. The second-order valence-corrected chi connectivity index (χ2v) is 4.41. The van der Waals surface area contributed by atoms with Gasteiger partial charge in [0.2, 0.25) is 0 Å². The number of carbonyl (C=O) groups excluding carboxylic acids is 1. The number of benzene rings is 2. The Morgan fingerprint density at radius 1 is 1.06 bits per heavy atom. The zero-order valence-corrected chi connectivity index (χ0v) is 10.1.